The number of nitrogens with zero attached hydrogens (tertiary/aromatic N) is 1. The number of benzene rings is 2. The minimum Gasteiger partial charge on any atom is -0.493 e. The molecule has 0 unspecified atom stereocenters. The predicted octanol–water partition coefficient (Wildman–Crippen LogP) is 5.45. The molecule has 0 fully saturated rings. The monoisotopic (exact) mass is 378 g/mol. The van der Waals surface area contributed by atoms with Gasteiger partial charge < -0.3 is 14.8 Å². The van der Waals surface area contributed by atoms with Crippen molar-refractivity contribution in [1.29, 1.82) is 0 Å². The van der Waals surface area contributed by atoms with E-state index in [1.54, 1.807) is 12.3 Å². The first-order valence-corrected chi connectivity index (χ1v) is 9.78. The van der Waals surface area contributed by atoms with Crippen LogP contribution < -0.4 is 14.8 Å². The number of pyridine rings is 1. The first-order valence-electron chi connectivity index (χ1n) is 9.78. The number of para-hydroxylation sites is 1. The van der Waals surface area contributed by atoms with Crippen LogP contribution in [0.2, 0.25) is 0 Å². The second-order valence-electron chi connectivity index (χ2n) is 6.51. The predicted molar refractivity (Wildman–Crippen MR) is 112 cm³/mol. The van der Waals surface area contributed by atoms with Crippen molar-refractivity contribution in [2.24, 2.45) is 0 Å². The third-order valence-corrected chi connectivity index (χ3v) is 4.33. The Hall–Kier alpha value is -3.08. The topological polar surface area (TPSA) is 60.5 Å². The van der Waals surface area contributed by atoms with Crippen LogP contribution in [0.15, 0.2) is 54.7 Å². The summed E-state index contributed by atoms with van der Waals surface area (Å²) in [5, 5.41) is 3.84. The molecular weight excluding hydrogens is 352 g/mol. The number of hydrogen-bond acceptors (Lipinski definition) is 4. The van der Waals surface area contributed by atoms with Crippen LogP contribution in [0.1, 0.15) is 43.5 Å². The molecule has 0 aliphatic heterocycles. The van der Waals surface area contributed by atoms with E-state index in [0.29, 0.717) is 30.2 Å². The van der Waals surface area contributed by atoms with Crippen LogP contribution >= 0.6 is 0 Å². The van der Waals surface area contributed by atoms with E-state index in [1.165, 1.54) is 0 Å². The molecule has 0 aliphatic rings. The van der Waals surface area contributed by atoms with Crippen LogP contribution in [0.5, 0.6) is 11.5 Å². The average Bonchev–Trinajstić information content (AvgIpc) is 2.73. The Morgan fingerprint density at radius 1 is 0.929 bits per heavy atom. The zero-order valence-corrected chi connectivity index (χ0v) is 16.4. The molecule has 1 amide bonds. The highest BCUT2D eigenvalue weighted by Crippen LogP contribution is 2.31. The van der Waals surface area contributed by atoms with Gasteiger partial charge in [-0.1, -0.05) is 32.4 Å². The van der Waals surface area contributed by atoms with Gasteiger partial charge in [0.05, 0.1) is 24.5 Å². The van der Waals surface area contributed by atoms with E-state index >= 15 is 0 Å². The number of ether oxygens (including phenoxy) is 2. The first kappa shape index (κ1) is 19.7. The average molecular weight is 378 g/mol. The van der Waals surface area contributed by atoms with Crippen molar-refractivity contribution in [3.63, 3.8) is 0 Å². The summed E-state index contributed by atoms with van der Waals surface area (Å²) < 4.78 is 11.6. The Morgan fingerprint density at radius 3 is 2.57 bits per heavy atom. The molecule has 0 radical (unpaired) electrons. The van der Waals surface area contributed by atoms with Crippen LogP contribution in [0.3, 0.4) is 0 Å². The lowest BCUT2D eigenvalue weighted by molar-refractivity contribution is 0.102. The molecule has 0 saturated carbocycles. The fourth-order valence-electron chi connectivity index (χ4n) is 2.88. The third kappa shape index (κ3) is 4.60. The number of rotatable bonds is 9. The first-order chi connectivity index (χ1) is 13.7. The Morgan fingerprint density at radius 2 is 1.75 bits per heavy atom. The molecule has 0 spiro atoms. The summed E-state index contributed by atoms with van der Waals surface area (Å²) in [6.45, 7) is 5.39. The molecular formula is C23H26N2O3. The van der Waals surface area contributed by atoms with Crippen LogP contribution in [0, 0.1) is 0 Å². The zero-order valence-electron chi connectivity index (χ0n) is 16.4. The number of nitrogens with one attached hydrogen (secondary N) is 1. The number of carbonyl (C=O) groups excluding carboxylic acids is 1. The van der Waals surface area contributed by atoms with Crippen molar-refractivity contribution < 1.29 is 14.3 Å². The molecule has 0 bridgehead atoms. The highest BCUT2D eigenvalue weighted by molar-refractivity contribution is 6.10. The van der Waals surface area contributed by atoms with Crippen LogP contribution in [-0.2, 0) is 0 Å². The highest BCUT2D eigenvalue weighted by atomic mass is 16.5. The van der Waals surface area contributed by atoms with Gasteiger partial charge in [0.1, 0.15) is 17.0 Å². The van der Waals surface area contributed by atoms with Crippen molar-refractivity contribution >= 4 is 22.5 Å². The fraction of sp³-hybridized carbons (Fsp3) is 0.304. The molecule has 1 aromatic heterocycles. The van der Waals surface area contributed by atoms with Crippen LogP contribution in [-0.4, -0.2) is 24.1 Å². The molecule has 3 aromatic rings. The van der Waals surface area contributed by atoms with Gasteiger partial charge in [-0.05, 0) is 49.2 Å². The van der Waals surface area contributed by atoms with Crippen molar-refractivity contribution in [2.45, 2.75) is 33.1 Å². The molecule has 3 rings (SSSR count). The van der Waals surface area contributed by atoms with E-state index in [2.05, 4.69) is 24.1 Å². The van der Waals surface area contributed by atoms with E-state index in [-0.39, 0.29) is 5.91 Å². The largest absolute Gasteiger partial charge is 0.493 e. The summed E-state index contributed by atoms with van der Waals surface area (Å²) in [6, 6.07) is 14.8. The summed E-state index contributed by atoms with van der Waals surface area (Å²) in [6.07, 6.45) is 4.64. The Balaban J connectivity index is 1.86. The molecule has 1 N–H and O–H groups in total. The van der Waals surface area contributed by atoms with Crippen molar-refractivity contribution in [2.75, 3.05) is 18.5 Å². The molecule has 5 heteroatoms. The smallest absolute Gasteiger partial charge is 0.259 e. The van der Waals surface area contributed by atoms with Gasteiger partial charge in [-0.2, -0.15) is 0 Å². The summed E-state index contributed by atoms with van der Waals surface area (Å²) >= 11 is 0. The number of carbonyl (C=O) groups is 1. The second kappa shape index (κ2) is 9.74. The summed E-state index contributed by atoms with van der Waals surface area (Å²) in [5.41, 5.74) is 1.95. The van der Waals surface area contributed by atoms with Gasteiger partial charge in [0.25, 0.3) is 5.91 Å². The van der Waals surface area contributed by atoms with Gasteiger partial charge in [-0.25, -0.2) is 0 Å². The van der Waals surface area contributed by atoms with E-state index in [0.717, 1.165) is 35.9 Å². The summed E-state index contributed by atoms with van der Waals surface area (Å²) in [4.78, 5) is 17.4. The number of hydrogen-bond donors (Lipinski definition) is 1. The van der Waals surface area contributed by atoms with Gasteiger partial charge in [0, 0.05) is 11.6 Å². The summed E-state index contributed by atoms with van der Waals surface area (Å²) in [5.74, 6) is 1.11. The number of amides is 1. The molecule has 1 heterocycles. The molecule has 0 atom stereocenters. The van der Waals surface area contributed by atoms with Gasteiger partial charge in [-0.15, -0.1) is 0 Å². The van der Waals surface area contributed by atoms with Gasteiger partial charge in [0.15, 0.2) is 0 Å². The molecule has 2 aromatic carbocycles. The van der Waals surface area contributed by atoms with E-state index in [4.69, 9.17) is 9.47 Å². The zero-order chi connectivity index (χ0) is 19.8. The fourth-order valence-corrected chi connectivity index (χ4v) is 2.88. The maximum absolute atomic E-state index is 12.9. The number of anilines is 1. The Labute approximate surface area is 165 Å². The Bertz CT molecular complexity index is 940. The molecule has 5 nitrogen and oxygen atoms in total. The van der Waals surface area contributed by atoms with Gasteiger partial charge >= 0.3 is 0 Å². The minimum absolute atomic E-state index is 0.209. The number of unbranched alkanes of at least 4 members (excludes halogenated alkanes) is 1. The standard InChI is InChI=1S/C23H26N2O3/c1-3-5-16-28-20-11-7-6-9-18(20)23(26)25-19-12-13-21(27-15-4-2)22-17(19)10-8-14-24-22/h6-14H,3-5,15-16H2,1-2H3,(H,25,26). The summed E-state index contributed by atoms with van der Waals surface area (Å²) in [7, 11) is 0. The number of fused-ring (bicyclic) bond motifs is 1. The third-order valence-electron chi connectivity index (χ3n) is 4.33. The minimum atomic E-state index is -0.209. The van der Waals surface area contributed by atoms with Crippen LogP contribution in [0.4, 0.5) is 5.69 Å². The molecule has 146 valence electrons. The van der Waals surface area contributed by atoms with Crippen molar-refractivity contribution in [3.8, 4) is 11.5 Å². The normalized spacial score (nSPS) is 10.6. The van der Waals surface area contributed by atoms with Crippen molar-refractivity contribution in [1.82, 2.24) is 4.98 Å². The lowest BCUT2D eigenvalue weighted by Gasteiger charge is -2.14. The van der Waals surface area contributed by atoms with Gasteiger partial charge in [0.2, 0.25) is 0 Å². The van der Waals surface area contributed by atoms with Crippen molar-refractivity contribution in [3.05, 3.63) is 60.3 Å². The SMILES string of the molecule is CCCCOc1ccccc1C(=O)Nc1ccc(OCCC)c2ncccc12. The molecule has 0 saturated heterocycles. The maximum atomic E-state index is 12.9. The molecule has 0 aliphatic carbocycles. The highest BCUT2D eigenvalue weighted by Gasteiger charge is 2.15. The maximum Gasteiger partial charge on any atom is 0.259 e. The lowest BCUT2D eigenvalue weighted by Crippen LogP contribution is -2.14. The second-order valence-corrected chi connectivity index (χ2v) is 6.51. The lowest BCUT2D eigenvalue weighted by atomic mass is 10.1. The Kier molecular flexibility index (Phi) is 6.84. The van der Waals surface area contributed by atoms with E-state index in [9.17, 15) is 4.79 Å². The quantitative estimate of drug-likeness (QED) is 0.503. The molecule has 28 heavy (non-hydrogen) atoms. The van der Waals surface area contributed by atoms with Crippen LogP contribution in [0.25, 0.3) is 10.9 Å². The number of aromatic nitrogens is 1. The van der Waals surface area contributed by atoms with E-state index in [1.807, 2.05) is 42.5 Å². The van der Waals surface area contributed by atoms with E-state index < -0.39 is 0 Å². The van der Waals surface area contributed by atoms with Gasteiger partial charge in [-0.3, -0.25) is 9.78 Å².